The highest BCUT2D eigenvalue weighted by molar-refractivity contribution is 5.76. The molecule has 1 aliphatic rings. The van der Waals surface area contributed by atoms with Crippen LogP contribution in [-0.4, -0.2) is 34.1 Å². The standard InChI is InChI=1S/C14H17N3O4/c18-12(4-3-11-2-1-9-20-11)17-7-5-10(6-8-17)13-15-16-14(19)21-13/h1-2,9-10H,3-8H2,(H,16,19). The summed E-state index contributed by atoms with van der Waals surface area (Å²) in [6.07, 6.45) is 4.22. The maximum Gasteiger partial charge on any atom is 0.434 e. The Hall–Kier alpha value is -2.31. The zero-order chi connectivity index (χ0) is 14.7. The van der Waals surface area contributed by atoms with E-state index in [1.807, 2.05) is 17.0 Å². The van der Waals surface area contributed by atoms with Gasteiger partial charge in [-0.15, -0.1) is 5.10 Å². The summed E-state index contributed by atoms with van der Waals surface area (Å²) in [6.45, 7) is 1.33. The molecule has 0 aliphatic carbocycles. The maximum atomic E-state index is 12.1. The molecule has 1 aliphatic heterocycles. The van der Waals surface area contributed by atoms with Crippen molar-refractivity contribution in [1.29, 1.82) is 0 Å². The molecule has 7 heteroatoms. The highest BCUT2D eigenvalue weighted by Gasteiger charge is 2.26. The van der Waals surface area contributed by atoms with E-state index in [2.05, 4.69) is 10.2 Å². The molecule has 1 N–H and O–H groups in total. The smallest absolute Gasteiger partial charge is 0.434 e. The summed E-state index contributed by atoms with van der Waals surface area (Å²) in [7, 11) is 0. The van der Waals surface area contributed by atoms with E-state index < -0.39 is 5.76 Å². The van der Waals surface area contributed by atoms with Crippen LogP contribution < -0.4 is 5.76 Å². The van der Waals surface area contributed by atoms with E-state index in [-0.39, 0.29) is 11.8 Å². The summed E-state index contributed by atoms with van der Waals surface area (Å²) < 4.78 is 10.2. The molecule has 3 rings (SSSR count). The summed E-state index contributed by atoms with van der Waals surface area (Å²) in [5, 5.41) is 6.13. The van der Waals surface area contributed by atoms with Gasteiger partial charge in [0.05, 0.1) is 6.26 Å². The summed E-state index contributed by atoms with van der Waals surface area (Å²) in [4.78, 5) is 24.9. The lowest BCUT2D eigenvalue weighted by Gasteiger charge is -2.30. The van der Waals surface area contributed by atoms with E-state index in [0.29, 0.717) is 31.8 Å². The van der Waals surface area contributed by atoms with Crippen LogP contribution >= 0.6 is 0 Å². The van der Waals surface area contributed by atoms with E-state index in [1.54, 1.807) is 6.26 Å². The van der Waals surface area contributed by atoms with Gasteiger partial charge < -0.3 is 13.7 Å². The predicted molar refractivity (Wildman–Crippen MR) is 72.7 cm³/mol. The number of nitrogens with one attached hydrogen (secondary N) is 1. The minimum atomic E-state index is -0.526. The normalized spacial score (nSPS) is 16.3. The van der Waals surface area contributed by atoms with Gasteiger partial charge in [0.15, 0.2) is 0 Å². The third-order valence-electron chi connectivity index (χ3n) is 3.82. The SMILES string of the molecule is O=C(CCc1ccco1)N1CCC(c2n[nH]c(=O)o2)CC1. The fourth-order valence-corrected chi connectivity index (χ4v) is 2.63. The molecule has 0 radical (unpaired) electrons. The molecule has 2 aromatic heterocycles. The molecule has 7 nitrogen and oxygen atoms in total. The van der Waals surface area contributed by atoms with Crippen LogP contribution in [0.4, 0.5) is 0 Å². The number of hydrogen-bond acceptors (Lipinski definition) is 5. The summed E-state index contributed by atoms with van der Waals surface area (Å²) in [6, 6.07) is 3.70. The molecule has 2 aromatic rings. The highest BCUT2D eigenvalue weighted by atomic mass is 16.4. The van der Waals surface area contributed by atoms with Crippen molar-refractivity contribution in [2.45, 2.75) is 31.6 Å². The number of aromatic amines is 1. The third-order valence-corrected chi connectivity index (χ3v) is 3.82. The van der Waals surface area contributed by atoms with Gasteiger partial charge in [-0.05, 0) is 25.0 Å². The molecule has 1 fully saturated rings. The lowest BCUT2D eigenvalue weighted by atomic mass is 9.96. The average Bonchev–Trinajstić information content (AvgIpc) is 3.16. The minimum absolute atomic E-state index is 0.109. The Kier molecular flexibility index (Phi) is 3.89. The molecule has 0 aromatic carbocycles. The van der Waals surface area contributed by atoms with Crippen LogP contribution in [0.2, 0.25) is 0 Å². The molecule has 1 amide bonds. The Labute approximate surface area is 120 Å². The van der Waals surface area contributed by atoms with Crippen molar-refractivity contribution in [3.05, 3.63) is 40.6 Å². The Balaban J connectivity index is 1.48. The van der Waals surface area contributed by atoms with Crippen LogP contribution in [-0.2, 0) is 11.2 Å². The van der Waals surface area contributed by atoms with Crippen LogP contribution in [0.5, 0.6) is 0 Å². The van der Waals surface area contributed by atoms with Gasteiger partial charge in [-0.3, -0.25) is 4.79 Å². The summed E-state index contributed by atoms with van der Waals surface area (Å²) >= 11 is 0. The van der Waals surface area contributed by atoms with Gasteiger partial charge in [-0.2, -0.15) is 0 Å². The first-order valence-electron chi connectivity index (χ1n) is 7.08. The lowest BCUT2D eigenvalue weighted by Crippen LogP contribution is -2.38. The zero-order valence-corrected chi connectivity index (χ0v) is 11.6. The first-order chi connectivity index (χ1) is 10.2. The van der Waals surface area contributed by atoms with Crippen molar-refractivity contribution in [3.63, 3.8) is 0 Å². The molecule has 3 heterocycles. The van der Waals surface area contributed by atoms with E-state index in [4.69, 9.17) is 8.83 Å². The van der Waals surface area contributed by atoms with Crippen LogP contribution in [0.3, 0.4) is 0 Å². The summed E-state index contributed by atoms with van der Waals surface area (Å²) in [5.74, 6) is 0.993. The molecule has 0 bridgehead atoms. The van der Waals surface area contributed by atoms with E-state index in [0.717, 1.165) is 18.6 Å². The highest BCUT2D eigenvalue weighted by Crippen LogP contribution is 2.26. The predicted octanol–water partition coefficient (Wildman–Crippen LogP) is 1.29. The van der Waals surface area contributed by atoms with E-state index in [9.17, 15) is 9.59 Å². The van der Waals surface area contributed by atoms with Crippen LogP contribution in [0.15, 0.2) is 32.0 Å². The number of amides is 1. The van der Waals surface area contributed by atoms with E-state index in [1.165, 1.54) is 0 Å². The molecule has 1 saturated heterocycles. The van der Waals surface area contributed by atoms with Gasteiger partial charge in [0.25, 0.3) is 0 Å². The molecule has 0 atom stereocenters. The number of piperidine rings is 1. The Morgan fingerprint density at radius 3 is 2.86 bits per heavy atom. The fourth-order valence-electron chi connectivity index (χ4n) is 2.63. The zero-order valence-electron chi connectivity index (χ0n) is 11.6. The van der Waals surface area contributed by atoms with Gasteiger partial charge in [0.2, 0.25) is 11.8 Å². The quantitative estimate of drug-likeness (QED) is 0.916. The van der Waals surface area contributed by atoms with Crippen molar-refractivity contribution in [2.75, 3.05) is 13.1 Å². The van der Waals surface area contributed by atoms with Gasteiger partial charge in [-0.25, -0.2) is 9.89 Å². The number of rotatable bonds is 4. The summed E-state index contributed by atoms with van der Waals surface area (Å²) in [5.41, 5.74) is 0. The number of likely N-dealkylation sites (tertiary alicyclic amines) is 1. The first-order valence-corrected chi connectivity index (χ1v) is 7.08. The molecule has 21 heavy (non-hydrogen) atoms. The monoisotopic (exact) mass is 291 g/mol. The fraction of sp³-hybridized carbons (Fsp3) is 0.500. The molecule has 0 saturated carbocycles. The molecular weight excluding hydrogens is 274 g/mol. The second-order valence-corrected chi connectivity index (χ2v) is 5.19. The number of carbonyl (C=O) groups excluding carboxylic acids is 1. The van der Waals surface area contributed by atoms with Crippen molar-refractivity contribution in [2.24, 2.45) is 0 Å². The molecule has 0 spiro atoms. The Bertz CT molecular complexity index is 635. The first kappa shape index (κ1) is 13.7. The topological polar surface area (TPSA) is 92.3 Å². The Morgan fingerprint density at radius 1 is 1.43 bits per heavy atom. The number of hydrogen-bond donors (Lipinski definition) is 1. The van der Waals surface area contributed by atoms with Crippen molar-refractivity contribution in [1.82, 2.24) is 15.1 Å². The van der Waals surface area contributed by atoms with E-state index >= 15 is 0 Å². The molecular formula is C14H17N3O4. The minimum Gasteiger partial charge on any atom is -0.469 e. The second kappa shape index (κ2) is 5.99. The van der Waals surface area contributed by atoms with Gasteiger partial charge in [0.1, 0.15) is 5.76 Å². The van der Waals surface area contributed by atoms with Gasteiger partial charge in [-0.1, -0.05) is 0 Å². The van der Waals surface area contributed by atoms with Crippen LogP contribution in [0.1, 0.15) is 36.8 Å². The molecule has 112 valence electrons. The van der Waals surface area contributed by atoms with Crippen LogP contribution in [0, 0.1) is 0 Å². The number of aryl methyl sites for hydroxylation is 1. The Morgan fingerprint density at radius 2 is 2.24 bits per heavy atom. The van der Waals surface area contributed by atoms with Crippen molar-refractivity contribution >= 4 is 5.91 Å². The molecule has 0 unspecified atom stereocenters. The van der Waals surface area contributed by atoms with Gasteiger partial charge in [0, 0.05) is 31.8 Å². The number of aromatic nitrogens is 2. The number of carbonyl (C=O) groups is 1. The largest absolute Gasteiger partial charge is 0.469 e. The van der Waals surface area contributed by atoms with Crippen LogP contribution in [0.25, 0.3) is 0 Å². The number of H-pyrrole nitrogens is 1. The second-order valence-electron chi connectivity index (χ2n) is 5.19. The maximum absolute atomic E-state index is 12.1. The third kappa shape index (κ3) is 3.24. The average molecular weight is 291 g/mol. The van der Waals surface area contributed by atoms with Gasteiger partial charge >= 0.3 is 5.76 Å². The van der Waals surface area contributed by atoms with Crippen molar-refractivity contribution < 1.29 is 13.6 Å². The van der Waals surface area contributed by atoms with Crippen molar-refractivity contribution in [3.8, 4) is 0 Å². The number of nitrogens with zero attached hydrogens (tertiary/aromatic N) is 2. The number of furan rings is 1. The lowest BCUT2D eigenvalue weighted by molar-refractivity contribution is -0.132.